The zero-order chi connectivity index (χ0) is 15.3. The third-order valence-corrected chi connectivity index (χ3v) is 6.06. The van der Waals surface area contributed by atoms with Crippen molar-refractivity contribution in [2.45, 2.75) is 39.7 Å². The van der Waals surface area contributed by atoms with Crippen molar-refractivity contribution >= 4 is 23.2 Å². The van der Waals surface area contributed by atoms with E-state index in [1.165, 1.54) is 0 Å². The van der Waals surface area contributed by atoms with Gasteiger partial charge in [0.25, 0.3) is 0 Å². The van der Waals surface area contributed by atoms with Crippen LogP contribution in [-0.4, -0.2) is 17.8 Å². The third-order valence-electron chi connectivity index (χ3n) is 5.50. The van der Waals surface area contributed by atoms with Crippen LogP contribution in [0.15, 0.2) is 18.2 Å². The minimum absolute atomic E-state index is 0.110. The van der Waals surface area contributed by atoms with E-state index in [1.54, 1.807) is 12.1 Å². The van der Waals surface area contributed by atoms with E-state index in [-0.39, 0.29) is 22.7 Å². The molecule has 0 saturated heterocycles. The van der Waals surface area contributed by atoms with Crippen molar-refractivity contribution < 1.29 is 5.11 Å². The first-order valence-corrected chi connectivity index (χ1v) is 7.73. The summed E-state index contributed by atoms with van der Waals surface area (Å²) >= 11 is 12.2. The number of nitrogens with two attached hydrogens (primary N) is 1. The predicted molar refractivity (Wildman–Crippen MR) is 85.3 cm³/mol. The maximum absolute atomic E-state index is 10.8. The van der Waals surface area contributed by atoms with Crippen molar-refractivity contribution in [3.05, 3.63) is 33.8 Å². The molecule has 20 heavy (non-hydrogen) atoms. The molecule has 2 unspecified atom stereocenters. The van der Waals surface area contributed by atoms with Crippen LogP contribution >= 0.6 is 23.2 Å². The van der Waals surface area contributed by atoms with Crippen LogP contribution in [0.1, 0.15) is 39.2 Å². The quantitative estimate of drug-likeness (QED) is 0.879. The molecule has 0 heterocycles. The van der Waals surface area contributed by atoms with E-state index >= 15 is 0 Å². The Morgan fingerprint density at radius 1 is 1.20 bits per heavy atom. The first-order valence-electron chi connectivity index (χ1n) is 6.97. The van der Waals surface area contributed by atoms with Crippen molar-refractivity contribution in [3.8, 4) is 0 Å². The van der Waals surface area contributed by atoms with Gasteiger partial charge in [0.2, 0.25) is 0 Å². The van der Waals surface area contributed by atoms with Crippen LogP contribution in [0.4, 0.5) is 0 Å². The molecule has 0 amide bonds. The largest absolute Gasteiger partial charge is 0.392 e. The summed E-state index contributed by atoms with van der Waals surface area (Å²) in [5.41, 5.74) is 7.00. The Morgan fingerprint density at radius 3 is 2.15 bits per heavy atom. The number of aliphatic hydroxyl groups is 1. The first-order chi connectivity index (χ1) is 9.14. The highest BCUT2D eigenvalue weighted by Gasteiger charge is 2.67. The highest BCUT2D eigenvalue weighted by molar-refractivity contribution is 6.35. The molecule has 1 saturated carbocycles. The fourth-order valence-corrected chi connectivity index (χ4v) is 4.13. The Hall–Kier alpha value is -0.280. The first kappa shape index (κ1) is 16.1. The molecule has 0 aromatic heterocycles. The molecule has 4 heteroatoms. The van der Waals surface area contributed by atoms with E-state index in [2.05, 4.69) is 27.7 Å². The zero-order valence-electron chi connectivity index (χ0n) is 12.5. The van der Waals surface area contributed by atoms with Gasteiger partial charge < -0.3 is 10.8 Å². The van der Waals surface area contributed by atoms with Gasteiger partial charge in [-0.25, -0.2) is 0 Å². The molecule has 1 aliphatic rings. The lowest BCUT2D eigenvalue weighted by Gasteiger charge is -2.25. The minimum atomic E-state index is -0.497. The average Bonchev–Trinajstić information content (AvgIpc) is 2.73. The molecule has 2 rings (SSSR count). The van der Waals surface area contributed by atoms with Crippen molar-refractivity contribution in [1.82, 2.24) is 0 Å². The van der Waals surface area contributed by atoms with Gasteiger partial charge in [-0.2, -0.15) is 0 Å². The fraction of sp³-hybridized carbons (Fsp3) is 0.625. The van der Waals surface area contributed by atoms with Crippen LogP contribution in [-0.2, 0) is 0 Å². The Bertz CT molecular complexity index is 499. The molecule has 2 nitrogen and oxygen atoms in total. The van der Waals surface area contributed by atoms with E-state index in [4.69, 9.17) is 28.9 Å². The SMILES string of the molecule is CC1(C)C(C(O)C(CN)c2ccc(Cl)cc2Cl)C1(C)C. The number of hydrogen-bond acceptors (Lipinski definition) is 2. The highest BCUT2D eigenvalue weighted by atomic mass is 35.5. The molecule has 0 aliphatic heterocycles. The lowest BCUT2D eigenvalue weighted by Crippen LogP contribution is -2.30. The molecular weight excluding hydrogens is 293 g/mol. The van der Waals surface area contributed by atoms with Gasteiger partial charge in [-0.3, -0.25) is 0 Å². The summed E-state index contributed by atoms with van der Waals surface area (Å²) in [6.07, 6.45) is -0.497. The topological polar surface area (TPSA) is 46.2 Å². The fourth-order valence-electron chi connectivity index (χ4n) is 3.59. The van der Waals surface area contributed by atoms with Crippen LogP contribution in [0.5, 0.6) is 0 Å². The molecule has 1 aromatic rings. The maximum Gasteiger partial charge on any atom is 0.0660 e. The van der Waals surface area contributed by atoms with E-state index < -0.39 is 6.10 Å². The van der Waals surface area contributed by atoms with Gasteiger partial charge in [0, 0.05) is 22.5 Å². The van der Waals surface area contributed by atoms with Gasteiger partial charge in [-0.05, 0) is 34.4 Å². The second-order valence-electron chi connectivity index (χ2n) is 6.92. The number of rotatable bonds is 4. The minimum Gasteiger partial charge on any atom is -0.392 e. The van der Waals surface area contributed by atoms with Gasteiger partial charge in [0.1, 0.15) is 0 Å². The summed E-state index contributed by atoms with van der Waals surface area (Å²) in [7, 11) is 0. The van der Waals surface area contributed by atoms with E-state index in [0.717, 1.165) is 5.56 Å². The summed E-state index contributed by atoms with van der Waals surface area (Å²) in [5, 5.41) is 12.0. The van der Waals surface area contributed by atoms with Gasteiger partial charge in [-0.15, -0.1) is 0 Å². The number of hydrogen-bond donors (Lipinski definition) is 2. The molecule has 2 atom stereocenters. The van der Waals surface area contributed by atoms with Crippen molar-refractivity contribution in [2.75, 3.05) is 6.54 Å². The lowest BCUT2D eigenvalue weighted by molar-refractivity contribution is 0.102. The third kappa shape index (κ3) is 2.37. The Morgan fingerprint density at radius 2 is 1.75 bits per heavy atom. The molecule has 0 bridgehead atoms. The molecule has 112 valence electrons. The summed E-state index contributed by atoms with van der Waals surface area (Å²) in [6.45, 7) is 9.14. The predicted octanol–water partition coefficient (Wildman–Crippen LogP) is 4.08. The molecule has 1 aliphatic carbocycles. The van der Waals surface area contributed by atoms with E-state index in [1.807, 2.05) is 6.07 Å². The lowest BCUT2D eigenvalue weighted by atomic mass is 9.88. The van der Waals surface area contributed by atoms with Crippen LogP contribution in [0, 0.1) is 16.7 Å². The van der Waals surface area contributed by atoms with Crippen LogP contribution < -0.4 is 5.73 Å². The van der Waals surface area contributed by atoms with E-state index in [9.17, 15) is 5.11 Å². The molecular formula is C16H23Cl2NO. The Kier molecular flexibility index (Phi) is 4.16. The van der Waals surface area contributed by atoms with Crippen molar-refractivity contribution in [1.29, 1.82) is 0 Å². The van der Waals surface area contributed by atoms with Crippen LogP contribution in [0.25, 0.3) is 0 Å². The van der Waals surface area contributed by atoms with Crippen LogP contribution in [0.3, 0.4) is 0 Å². The normalized spacial score (nSPS) is 23.4. The maximum atomic E-state index is 10.8. The molecule has 3 N–H and O–H groups in total. The van der Waals surface area contributed by atoms with Gasteiger partial charge in [0.05, 0.1) is 6.10 Å². The van der Waals surface area contributed by atoms with Crippen molar-refractivity contribution in [2.24, 2.45) is 22.5 Å². The summed E-state index contributed by atoms with van der Waals surface area (Å²) in [6, 6.07) is 5.37. The molecule has 1 aromatic carbocycles. The second kappa shape index (κ2) is 5.17. The second-order valence-corrected chi connectivity index (χ2v) is 7.76. The highest BCUT2D eigenvalue weighted by Crippen LogP contribution is 2.70. The Balaban J connectivity index is 2.30. The Labute approximate surface area is 131 Å². The van der Waals surface area contributed by atoms with Gasteiger partial charge in [-0.1, -0.05) is 57.0 Å². The smallest absolute Gasteiger partial charge is 0.0660 e. The number of aliphatic hydroxyl groups excluding tert-OH is 1. The standard InChI is InChI=1S/C16H23Cl2NO/c1-15(2)14(16(15,3)4)13(20)11(8-19)10-6-5-9(17)7-12(10)18/h5-7,11,13-14,20H,8,19H2,1-4H3. The number of benzene rings is 1. The van der Waals surface area contributed by atoms with E-state index in [0.29, 0.717) is 16.6 Å². The molecule has 1 fully saturated rings. The summed E-state index contributed by atoms with van der Waals surface area (Å²) in [5.74, 6) is 0.0566. The average molecular weight is 316 g/mol. The summed E-state index contributed by atoms with van der Waals surface area (Å²) < 4.78 is 0. The molecule has 0 radical (unpaired) electrons. The van der Waals surface area contributed by atoms with Gasteiger partial charge >= 0.3 is 0 Å². The molecule has 0 spiro atoms. The number of halogens is 2. The zero-order valence-corrected chi connectivity index (χ0v) is 14.0. The monoisotopic (exact) mass is 315 g/mol. The van der Waals surface area contributed by atoms with Crippen molar-refractivity contribution in [3.63, 3.8) is 0 Å². The summed E-state index contributed by atoms with van der Waals surface area (Å²) in [4.78, 5) is 0. The van der Waals surface area contributed by atoms with Crippen LogP contribution in [0.2, 0.25) is 10.0 Å². The van der Waals surface area contributed by atoms with Gasteiger partial charge in [0.15, 0.2) is 0 Å².